The molecule has 0 unspecified atom stereocenters. The van der Waals surface area contributed by atoms with E-state index in [0.29, 0.717) is 5.92 Å². The zero-order valence-electron chi connectivity index (χ0n) is 12.5. The van der Waals surface area contributed by atoms with Crippen molar-refractivity contribution in [2.75, 3.05) is 6.54 Å². The summed E-state index contributed by atoms with van der Waals surface area (Å²) >= 11 is 0. The van der Waals surface area contributed by atoms with Gasteiger partial charge in [-0.1, -0.05) is 13.8 Å². The molecule has 104 valence electrons. The Morgan fingerprint density at radius 1 is 1.28 bits per heavy atom. The van der Waals surface area contributed by atoms with Crippen molar-refractivity contribution < 1.29 is 0 Å². The summed E-state index contributed by atoms with van der Waals surface area (Å²) in [4.78, 5) is 4.35. The monoisotopic (exact) mass is 252 g/mol. The highest BCUT2D eigenvalue weighted by molar-refractivity contribution is 4.85. The molecule has 0 aliphatic rings. The van der Waals surface area contributed by atoms with Gasteiger partial charge >= 0.3 is 0 Å². The number of aryl methyl sites for hydroxylation is 1. The second-order valence-electron chi connectivity index (χ2n) is 6.39. The van der Waals surface area contributed by atoms with Crippen molar-refractivity contribution in [1.29, 1.82) is 0 Å². The minimum atomic E-state index is 0.220. The van der Waals surface area contributed by atoms with Crippen molar-refractivity contribution in [3.05, 3.63) is 12.2 Å². The van der Waals surface area contributed by atoms with E-state index in [4.69, 9.17) is 0 Å². The standard InChI is InChI=1S/C14H28N4/c1-12(2)10-18-13(15-11-17-18)8-6-7-9-16-14(3,4)5/h11-12,16H,6-10H2,1-5H3. The Labute approximate surface area is 111 Å². The van der Waals surface area contributed by atoms with Gasteiger partial charge in [0.2, 0.25) is 0 Å². The highest BCUT2D eigenvalue weighted by Gasteiger charge is 2.08. The topological polar surface area (TPSA) is 42.7 Å². The van der Waals surface area contributed by atoms with E-state index in [-0.39, 0.29) is 5.54 Å². The zero-order valence-corrected chi connectivity index (χ0v) is 12.5. The van der Waals surface area contributed by atoms with Crippen molar-refractivity contribution in [3.63, 3.8) is 0 Å². The van der Waals surface area contributed by atoms with E-state index in [9.17, 15) is 0 Å². The number of hydrogen-bond donors (Lipinski definition) is 1. The molecule has 0 aliphatic carbocycles. The average molecular weight is 252 g/mol. The van der Waals surface area contributed by atoms with Crippen molar-refractivity contribution in [2.24, 2.45) is 5.92 Å². The van der Waals surface area contributed by atoms with Crippen LogP contribution in [0.1, 0.15) is 53.3 Å². The third-order valence-corrected chi connectivity index (χ3v) is 2.72. The van der Waals surface area contributed by atoms with Gasteiger partial charge in [0.1, 0.15) is 12.2 Å². The maximum atomic E-state index is 4.35. The largest absolute Gasteiger partial charge is 0.312 e. The van der Waals surface area contributed by atoms with Gasteiger partial charge in [0, 0.05) is 18.5 Å². The molecule has 1 aromatic heterocycles. The van der Waals surface area contributed by atoms with E-state index in [1.807, 2.05) is 4.68 Å². The summed E-state index contributed by atoms with van der Waals surface area (Å²) < 4.78 is 2.04. The number of nitrogens with zero attached hydrogens (tertiary/aromatic N) is 3. The number of hydrogen-bond acceptors (Lipinski definition) is 3. The van der Waals surface area contributed by atoms with Crippen LogP contribution in [0.3, 0.4) is 0 Å². The second-order valence-corrected chi connectivity index (χ2v) is 6.39. The van der Waals surface area contributed by atoms with E-state index < -0.39 is 0 Å². The third kappa shape index (κ3) is 6.15. The molecule has 1 heterocycles. The predicted molar refractivity (Wildman–Crippen MR) is 75.6 cm³/mol. The van der Waals surface area contributed by atoms with Gasteiger partial charge in [0.15, 0.2) is 0 Å². The van der Waals surface area contributed by atoms with Crippen LogP contribution in [-0.2, 0) is 13.0 Å². The molecule has 1 aromatic rings. The lowest BCUT2D eigenvalue weighted by molar-refractivity contribution is 0.415. The van der Waals surface area contributed by atoms with Gasteiger partial charge in [-0.25, -0.2) is 9.67 Å². The molecule has 0 saturated carbocycles. The molecule has 0 fully saturated rings. The van der Waals surface area contributed by atoms with Gasteiger partial charge in [-0.3, -0.25) is 0 Å². The summed E-state index contributed by atoms with van der Waals surface area (Å²) in [5, 5.41) is 7.79. The van der Waals surface area contributed by atoms with Crippen LogP contribution in [0.2, 0.25) is 0 Å². The van der Waals surface area contributed by atoms with E-state index in [1.54, 1.807) is 6.33 Å². The van der Waals surface area contributed by atoms with Crippen LogP contribution in [0.15, 0.2) is 6.33 Å². The Hall–Kier alpha value is -0.900. The highest BCUT2D eigenvalue weighted by atomic mass is 15.3. The molecule has 0 aliphatic heterocycles. The van der Waals surface area contributed by atoms with E-state index >= 15 is 0 Å². The number of aromatic nitrogens is 3. The van der Waals surface area contributed by atoms with Gasteiger partial charge in [0.25, 0.3) is 0 Å². The van der Waals surface area contributed by atoms with Gasteiger partial charge in [-0.15, -0.1) is 0 Å². The van der Waals surface area contributed by atoms with Gasteiger partial charge in [-0.2, -0.15) is 5.10 Å². The average Bonchev–Trinajstić information content (AvgIpc) is 2.62. The van der Waals surface area contributed by atoms with Crippen molar-refractivity contribution in [2.45, 2.75) is 66.0 Å². The van der Waals surface area contributed by atoms with Crippen LogP contribution in [0.4, 0.5) is 0 Å². The minimum absolute atomic E-state index is 0.220. The molecule has 18 heavy (non-hydrogen) atoms. The lowest BCUT2D eigenvalue weighted by atomic mass is 10.1. The van der Waals surface area contributed by atoms with Gasteiger partial charge in [-0.05, 0) is 46.1 Å². The highest BCUT2D eigenvalue weighted by Crippen LogP contribution is 2.05. The Morgan fingerprint density at radius 3 is 2.61 bits per heavy atom. The maximum Gasteiger partial charge on any atom is 0.138 e. The second kappa shape index (κ2) is 6.88. The van der Waals surface area contributed by atoms with Crippen LogP contribution in [0.5, 0.6) is 0 Å². The minimum Gasteiger partial charge on any atom is -0.312 e. The van der Waals surface area contributed by atoms with Crippen LogP contribution < -0.4 is 5.32 Å². The fraction of sp³-hybridized carbons (Fsp3) is 0.857. The molecule has 4 nitrogen and oxygen atoms in total. The first-order chi connectivity index (χ1) is 8.38. The molecule has 0 spiro atoms. The van der Waals surface area contributed by atoms with E-state index in [1.165, 1.54) is 12.8 Å². The summed E-state index contributed by atoms with van der Waals surface area (Å²) in [6.07, 6.45) is 5.05. The number of rotatable bonds is 7. The van der Waals surface area contributed by atoms with Gasteiger partial charge in [0.05, 0.1) is 0 Å². The maximum absolute atomic E-state index is 4.35. The molecule has 0 aromatic carbocycles. The van der Waals surface area contributed by atoms with E-state index in [0.717, 1.165) is 25.3 Å². The number of unbranched alkanes of at least 4 members (excludes halogenated alkanes) is 1. The Kier molecular flexibility index (Phi) is 5.79. The quantitative estimate of drug-likeness (QED) is 0.759. The first-order valence-electron chi connectivity index (χ1n) is 7.00. The molecule has 0 saturated heterocycles. The fourth-order valence-electron chi connectivity index (χ4n) is 1.85. The molecule has 1 rings (SSSR count). The lowest BCUT2D eigenvalue weighted by Crippen LogP contribution is -2.36. The van der Waals surface area contributed by atoms with Gasteiger partial charge < -0.3 is 5.32 Å². The van der Waals surface area contributed by atoms with Crippen LogP contribution >= 0.6 is 0 Å². The first kappa shape index (κ1) is 15.2. The summed E-state index contributed by atoms with van der Waals surface area (Å²) in [7, 11) is 0. The zero-order chi connectivity index (χ0) is 13.6. The first-order valence-corrected chi connectivity index (χ1v) is 7.00. The van der Waals surface area contributed by atoms with Crippen molar-refractivity contribution in [1.82, 2.24) is 20.1 Å². The SMILES string of the molecule is CC(C)Cn1ncnc1CCCCNC(C)(C)C. The Morgan fingerprint density at radius 2 is 2.00 bits per heavy atom. The molecular weight excluding hydrogens is 224 g/mol. The van der Waals surface area contributed by atoms with Crippen LogP contribution in [-0.4, -0.2) is 26.8 Å². The summed E-state index contributed by atoms with van der Waals surface area (Å²) in [5.74, 6) is 1.74. The molecule has 4 heteroatoms. The molecule has 0 radical (unpaired) electrons. The molecule has 1 N–H and O–H groups in total. The predicted octanol–water partition coefficient (Wildman–Crippen LogP) is 2.64. The summed E-state index contributed by atoms with van der Waals surface area (Å²) in [5.41, 5.74) is 0.220. The molecule has 0 atom stereocenters. The fourth-order valence-corrected chi connectivity index (χ4v) is 1.85. The molecular formula is C14H28N4. The Bertz CT molecular complexity index is 336. The lowest BCUT2D eigenvalue weighted by Gasteiger charge is -2.20. The molecule has 0 amide bonds. The number of nitrogens with one attached hydrogen (secondary N) is 1. The van der Waals surface area contributed by atoms with Crippen LogP contribution in [0.25, 0.3) is 0 Å². The summed E-state index contributed by atoms with van der Waals surface area (Å²) in [6.45, 7) is 13.1. The Balaban J connectivity index is 2.25. The smallest absolute Gasteiger partial charge is 0.138 e. The summed E-state index contributed by atoms with van der Waals surface area (Å²) in [6, 6.07) is 0. The van der Waals surface area contributed by atoms with Crippen molar-refractivity contribution >= 4 is 0 Å². The third-order valence-electron chi connectivity index (χ3n) is 2.72. The van der Waals surface area contributed by atoms with E-state index in [2.05, 4.69) is 50.0 Å². The van der Waals surface area contributed by atoms with Crippen molar-refractivity contribution in [3.8, 4) is 0 Å². The normalized spacial score (nSPS) is 12.3. The molecule has 0 bridgehead atoms. The van der Waals surface area contributed by atoms with Crippen LogP contribution in [0, 0.1) is 5.92 Å².